The molecule has 0 fully saturated rings. The van der Waals surface area contributed by atoms with E-state index in [1.165, 1.54) is 6.07 Å². The molecule has 0 bridgehead atoms. The number of pyridine rings is 1. The number of carbonyl (C=O) groups is 1. The largest absolute Gasteiger partial charge is 0.323 e. The Labute approximate surface area is 102 Å². The van der Waals surface area contributed by atoms with Crippen LogP contribution in [0.1, 0.15) is 10.5 Å². The quantitative estimate of drug-likeness (QED) is 0.359. The molecule has 0 aliphatic carbocycles. The fraction of sp³-hybridized carbons (Fsp3) is 0. The first-order valence-corrected chi connectivity index (χ1v) is 5.11. The Hall–Kier alpha value is -1.89. The number of anilines is 1. The monoisotopic (exact) mass is 251 g/mol. The lowest BCUT2D eigenvalue weighted by Crippen LogP contribution is -2.30. The zero-order valence-corrected chi connectivity index (χ0v) is 9.45. The van der Waals surface area contributed by atoms with Crippen molar-refractivity contribution in [1.29, 1.82) is 0 Å². The fourth-order valence-electron chi connectivity index (χ4n) is 1.51. The molecule has 2 rings (SSSR count). The molecule has 6 nitrogen and oxygen atoms in total. The topological polar surface area (TPSA) is 106 Å². The minimum Gasteiger partial charge on any atom is -0.323 e. The second kappa shape index (κ2) is 4.54. The zero-order valence-electron chi connectivity index (χ0n) is 8.70. The highest BCUT2D eigenvalue weighted by Crippen LogP contribution is 2.25. The first-order chi connectivity index (χ1) is 8.15. The van der Waals surface area contributed by atoms with Crippen molar-refractivity contribution in [2.75, 3.05) is 5.43 Å². The molecule has 0 aliphatic heterocycles. The van der Waals surface area contributed by atoms with Crippen molar-refractivity contribution < 1.29 is 4.79 Å². The van der Waals surface area contributed by atoms with E-state index in [1.807, 2.05) is 5.43 Å². The Morgan fingerprint density at radius 3 is 2.71 bits per heavy atom. The third-order valence-electron chi connectivity index (χ3n) is 2.29. The molecular weight excluding hydrogens is 242 g/mol. The zero-order chi connectivity index (χ0) is 12.4. The number of carbonyl (C=O) groups excluding carboxylic acids is 1. The van der Waals surface area contributed by atoms with Gasteiger partial charge in [-0.1, -0.05) is 11.6 Å². The number of amides is 1. The summed E-state index contributed by atoms with van der Waals surface area (Å²) in [4.78, 5) is 15.6. The maximum atomic E-state index is 11.4. The predicted octanol–water partition coefficient (Wildman–Crippen LogP) is 0.777. The van der Waals surface area contributed by atoms with E-state index in [0.717, 1.165) is 5.39 Å². The van der Waals surface area contributed by atoms with Gasteiger partial charge in [-0.05, 0) is 24.3 Å². The van der Waals surface area contributed by atoms with Crippen LogP contribution >= 0.6 is 11.6 Å². The Bertz CT molecular complexity index is 586. The van der Waals surface area contributed by atoms with E-state index in [0.29, 0.717) is 16.2 Å². The van der Waals surface area contributed by atoms with Gasteiger partial charge < -0.3 is 5.43 Å². The van der Waals surface area contributed by atoms with E-state index in [4.69, 9.17) is 23.3 Å². The summed E-state index contributed by atoms with van der Waals surface area (Å²) in [5.41, 5.74) is 5.81. The van der Waals surface area contributed by atoms with Gasteiger partial charge in [-0.3, -0.25) is 16.1 Å². The number of halogens is 1. The van der Waals surface area contributed by atoms with Crippen molar-refractivity contribution in [3.63, 3.8) is 0 Å². The Balaban J connectivity index is 2.71. The molecule has 1 heterocycles. The van der Waals surface area contributed by atoms with E-state index in [9.17, 15) is 4.79 Å². The smallest absolute Gasteiger partial charge is 0.283 e. The minimum atomic E-state index is -0.497. The molecule has 2 aromatic rings. The molecule has 0 saturated heterocycles. The lowest BCUT2D eigenvalue weighted by atomic mass is 10.1. The summed E-state index contributed by atoms with van der Waals surface area (Å²) in [5, 5.41) is 1.30. The van der Waals surface area contributed by atoms with Crippen LogP contribution in [0.5, 0.6) is 0 Å². The maximum Gasteiger partial charge on any atom is 0.283 e. The average Bonchev–Trinajstić information content (AvgIpc) is 2.35. The average molecular weight is 252 g/mol. The van der Waals surface area contributed by atoms with Gasteiger partial charge in [0.2, 0.25) is 0 Å². The summed E-state index contributed by atoms with van der Waals surface area (Å²) in [5.74, 6) is 9.95. The molecule has 1 aromatic carbocycles. The highest BCUT2D eigenvalue weighted by molar-refractivity contribution is 6.31. The highest BCUT2D eigenvalue weighted by Gasteiger charge is 2.10. The SMILES string of the molecule is NNC(=O)c1cc(NN)c2ccc(Cl)cc2n1. The van der Waals surface area contributed by atoms with Crippen LogP contribution in [0.2, 0.25) is 5.02 Å². The first kappa shape index (κ1) is 11.6. The number of hydrogen-bond acceptors (Lipinski definition) is 5. The lowest BCUT2D eigenvalue weighted by molar-refractivity contribution is 0.0949. The fourth-order valence-corrected chi connectivity index (χ4v) is 1.68. The third kappa shape index (κ3) is 2.14. The molecule has 0 aliphatic rings. The van der Waals surface area contributed by atoms with Crippen LogP contribution in [0.25, 0.3) is 10.9 Å². The van der Waals surface area contributed by atoms with E-state index >= 15 is 0 Å². The Morgan fingerprint density at radius 1 is 1.29 bits per heavy atom. The number of nitrogens with zero attached hydrogens (tertiary/aromatic N) is 1. The number of nitrogens with two attached hydrogens (primary N) is 2. The molecule has 1 amide bonds. The third-order valence-corrected chi connectivity index (χ3v) is 2.53. The van der Waals surface area contributed by atoms with Gasteiger partial charge in [0.25, 0.3) is 5.91 Å². The minimum absolute atomic E-state index is 0.162. The van der Waals surface area contributed by atoms with E-state index in [1.54, 1.807) is 18.2 Å². The normalized spacial score (nSPS) is 10.3. The molecule has 88 valence electrons. The van der Waals surface area contributed by atoms with Gasteiger partial charge in [0.05, 0.1) is 11.2 Å². The summed E-state index contributed by atoms with van der Waals surface area (Å²) in [7, 11) is 0. The van der Waals surface area contributed by atoms with E-state index < -0.39 is 5.91 Å². The molecule has 1 aromatic heterocycles. The summed E-state index contributed by atoms with van der Waals surface area (Å²) >= 11 is 5.86. The van der Waals surface area contributed by atoms with Crippen LogP contribution in [0, 0.1) is 0 Å². The Morgan fingerprint density at radius 2 is 2.06 bits per heavy atom. The molecule has 0 unspecified atom stereocenters. The van der Waals surface area contributed by atoms with E-state index in [-0.39, 0.29) is 5.69 Å². The van der Waals surface area contributed by atoms with Crippen molar-refractivity contribution in [3.8, 4) is 0 Å². The number of benzene rings is 1. The summed E-state index contributed by atoms with van der Waals surface area (Å²) in [6.45, 7) is 0. The number of aromatic nitrogens is 1. The molecule has 0 atom stereocenters. The Kier molecular flexibility index (Phi) is 3.10. The van der Waals surface area contributed by atoms with Gasteiger partial charge in [-0.2, -0.15) is 0 Å². The molecule has 0 saturated carbocycles. The number of fused-ring (bicyclic) bond motifs is 1. The van der Waals surface area contributed by atoms with E-state index in [2.05, 4.69) is 10.4 Å². The van der Waals surface area contributed by atoms with Crippen LogP contribution in [-0.2, 0) is 0 Å². The summed E-state index contributed by atoms with van der Waals surface area (Å²) in [6, 6.07) is 6.64. The lowest BCUT2D eigenvalue weighted by Gasteiger charge is -2.08. The molecule has 17 heavy (non-hydrogen) atoms. The van der Waals surface area contributed by atoms with Crippen molar-refractivity contribution >= 4 is 34.1 Å². The second-order valence-corrected chi connectivity index (χ2v) is 3.77. The van der Waals surface area contributed by atoms with Gasteiger partial charge in [-0.15, -0.1) is 0 Å². The number of hydrogen-bond donors (Lipinski definition) is 4. The van der Waals surface area contributed by atoms with Gasteiger partial charge in [0, 0.05) is 10.4 Å². The molecule has 7 heteroatoms. The van der Waals surface area contributed by atoms with Crippen molar-refractivity contribution in [2.45, 2.75) is 0 Å². The van der Waals surface area contributed by atoms with Gasteiger partial charge in [0.15, 0.2) is 0 Å². The standard InChI is InChI=1S/C10H10ClN5O/c11-5-1-2-6-7(3-5)14-9(10(17)16-13)4-8(6)15-12/h1-4H,12-13H2,(H,14,15)(H,16,17). The maximum absolute atomic E-state index is 11.4. The van der Waals surface area contributed by atoms with Crippen LogP contribution in [0.4, 0.5) is 5.69 Å². The summed E-state index contributed by atoms with van der Waals surface area (Å²) in [6.07, 6.45) is 0. The number of nitrogen functional groups attached to an aromatic ring is 2. The first-order valence-electron chi connectivity index (χ1n) is 4.73. The van der Waals surface area contributed by atoms with Crippen molar-refractivity contribution in [1.82, 2.24) is 10.4 Å². The van der Waals surface area contributed by atoms with Gasteiger partial charge in [0.1, 0.15) is 5.69 Å². The molecule has 0 radical (unpaired) electrons. The number of rotatable bonds is 2. The van der Waals surface area contributed by atoms with Crippen LogP contribution in [-0.4, -0.2) is 10.9 Å². The van der Waals surface area contributed by atoms with Crippen molar-refractivity contribution in [3.05, 3.63) is 35.0 Å². The van der Waals surface area contributed by atoms with Crippen LogP contribution in [0.15, 0.2) is 24.3 Å². The number of nitrogens with one attached hydrogen (secondary N) is 2. The van der Waals surface area contributed by atoms with Crippen molar-refractivity contribution in [2.24, 2.45) is 11.7 Å². The van der Waals surface area contributed by atoms with Gasteiger partial charge in [-0.25, -0.2) is 10.8 Å². The second-order valence-electron chi connectivity index (χ2n) is 3.33. The van der Waals surface area contributed by atoms with Crippen LogP contribution < -0.4 is 22.5 Å². The molecular formula is C10H10ClN5O. The van der Waals surface area contributed by atoms with Crippen LogP contribution in [0.3, 0.4) is 0 Å². The molecule has 0 spiro atoms. The highest BCUT2D eigenvalue weighted by atomic mass is 35.5. The molecule has 6 N–H and O–H groups in total. The number of hydrazine groups is 2. The van der Waals surface area contributed by atoms with Gasteiger partial charge >= 0.3 is 0 Å². The summed E-state index contributed by atoms with van der Waals surface area (Å²) < 4.78 is 0. The predicted molar refractivity (Wildman–Crippen MR) is 66.2 cm³/mol.